The summed E-state index contributed by atoms with van der Waals surface area (Å²) in [4.78, 5) is 37.0. The second-order valence-corrected chi connectivity index (χ2v) is 6.93. The van der Waals surface area contributed by atoms with E-state index in [1.54, 1.807) is 30.3 Å². The van der Waals surface area contributed by atoms with Crippen LogP contribution in [0.15, 0.2) is 77.9 Å². The maximum Gasteiger partial charge on any atom is 0.329 e. The number of nitrogens with zero attached hydrogens (tertiary/aromatic N) is 1. The molecule has 0 aliphatic heterocycles. The van der Waals surface area contributed by atoms with Crippen LogP contribution in [0.2, 0.25) is 0 Å². The van der Waals surface area contributed by atoms with Crippen molar-refractivity contribution in [3.63, 3.8) is 0 Å². The highest BCUT2D eigenvalue weighted by Gasteiger charge is 2.17. The van der Waals surface area contributed by atoms with E-state index in [4.69, 9.17) is 0 Å². The molecule has 0 aromatic heterocycles. The zero-order chi connectivity index (χ0) is 22.2. The molecule has 3 aromatic rings. The third-order valence-corrected chi connectivity index (χ3v) is 4.36. The largest absolute Gasteiger partial charge is 0.329 e. The molecule has 3 N–H and O–H groups in total. The summed E-state index contributed by atoms with van der Waals surface area (Å²) in [6.07, 6.45) is 1.44. The van der Waals surface area contributed by atoms with Gasteiger partial charge in [0.05, 0.1) is 17.5 Å². The van der Waals surface area contributed by atoms with E-state index < -0.39 is 17.7 Å². The molecule has 0 spiro atoms. The van der Waals surface area contributed by atoms with Crippen LogP contribution in [0.4, 0.5) is 11.4 Å². The molecule has 0 bridgehead atoms. The summed E-state index contributed by atoms with van der Waals surface area (Å²) < 4.78 is 0. The highest BCUT2D eigenvalue weighted by molar-refractivity contribution is 6.40. The number of amides is 3. The van der Waals surface area contributed by atoms with Crippen LogP contribution in [0.1, 0.15) is 27.0 Å². The van der Waals surface area contributed by atoms with Crippen molar-refractivity contribution < 1.29 is 14.4 Å². The molecular weight excluding hydrogens is 392 g/mol. The Morgan fingerprint density at radius 3 is 2.26 bits per heavy atom. The van der Waals surface area contributed by atoms with Crippen molar-refractivity contribution in [2.45, 2.75) is 13.8 Å². The zero-order valence-corrected chi connectivity index (χ0v) is 17.2. The maximum absolute atomic E-state index is 12.7. The van der Waals surface area contributed by atoms with Gasteiger partial charge in [-0.05, 0) is 49.2 Å². The van der Waals surface area contributed by atoms with Crippen molar-refractivity contribution in [3.05, 3.63) is 95.1 Å². The molecule has 0 saturated heterocycles. The molecule has 7 heteroatoms. The molecule has 156 valence electrons. The first-order valence-corrected chi connectivity index (χ1v) is 9.60. The third kappa shape index (κ3) is 6.11. The lowest BCUT2D eigenvalue weighted by molar-refractivity contribution is -0.136. The molecule has 0 heterocycles. The van der Waals surface area contributed by atoms with E-state index in [1.807, 2.05) is 56.3 Å². The number of nitrogens with one attached hydrogen (secondary N) is 3. The molecule has 0 unspecified atom stereocenters. The van der Waals surface area contributed by atoms with Crippen LogP contribution >= 0.6 is 0 Å². The van der Waals surface area contributed by atoms with Crippen LogP contribution in [0, 0.1) is 13.8 Å². The number of hydrogen-bond acceptors (Lipinski definition) is 4. The van der Waals surface area contributed by atoms with E-state index in [-0.39, 0.29) is 11.3 Å². The minimum absolute atomic E-state index is 0.218. The average Bonchev–Trinajstić information content (AvgIpc) is 2.75. The second kappa shape index (κ2) is 9.98. The molecule has 31 heavy (non-hydrogen) atoms. The lowest BCUT2D eigenvalue weighted by atomic mass is 10.1. The van der Waals surface area contributed by atoms with Gasteiger partial charge in [-0.2, -0.15) is 5.10 Å². The van der Waals surface area contributed by atoms with Crippen LogP contribution in [0.25, 0.3) is 0 Å². The molecule has 3 amide bonds. The molecule has 3 aromatic carbocycles. The Hall–Kier alpha value is -4.26. The monoisotopic (exact) mass is 414 g/mol. The average molecular weight is 414 g/mol. The fourth-order valence-corrected chi connectivity index (χ4v) is 2.76. The van der Waals surface area contributed by atoms with Gasteiger partial charge in [-0.15, -0.1) is 0 Å². The summed E-state index contributed by atoms with van der Waals surface area (Å²) in [5.41, 5.74) is 6.15. The molecule has 0 fully saturated rings. The summed E-state index contributed by atoms with van der Waals surface area (Å²) in [5.74, 6) is -2.28. The van der Waals surface area contributed by atoms with Crippen molar-refractivity contribution in [2.75, 3.05) is 10.6 Å². The number of carbonyl (C=O) groups excluding carboxylic acids is 3. The lowest BCUT2D eigenvalue weighted by Gasteiger charge is -2.11. The van der Waals surface area contributed by atoms with Gasteiger partial charge < -0.3 is 10.6 Å². The van der Waals surface area contributed by atoms with Crippen LogP contribution in [0.3, 0.4) is 0 Å². The highest BCUT2D eigenvalue weighted by atomic mass is 16.2. The van der Waals surface area contributed by atoms with Crippen molar-refractivity contribution in [2.24, 2.45) is 5.10 Å². The van der Waals surface area contributed by atoms with E-state index in [9.17, 15) is 14.4 Å². The van der Waals surface area contributed by atoms with Crippen LogP contribution in [0.5, 0.6) is 0 Å². The second-order valence-electron chi connectivity index (χ2n) is 6.93. The molecule has 7 nitrogen and oxygen atoms in total. The van der Waals surface area contributed by atoms with Crippen molar-refractivity contribution in [1.82, 2.24) is 5.43 Å². The fraction of sp³-hybridized carbons (Fsp3) is 0.0833. The van der Waals surface area contributed by atoms with Crippen LogP contribution < -0.4 is 16.1 Å². The van der Waals surface area contributed by atoms with E-state index in [0.29, 0.717) is 5.69 Å². The van der Waals surface area contributed by atoms with Gasteiger partial charge in [-0.1, -0.05) is 54.1 Å². The molecule has 0 saturated carbocycles. The number of hydrogen-bond donors (Lipinski definition) is 3. The third-order valence-electron chi connectivity index (χ3n) is 4.36. The van der Waals surface area contributed by atoms with E-state index in [0.717, 1.165) is 16.7 Å². The van der Waals surface area contributed by atoms with Gasteiger partial charge in [0.25, 0.3) is 5.91 Å². The van der Waals surface area contributed by atoms with Gasteiger partial charge >= 0.3 is 11.8 Å². The van der Waals surface area contributed by atoms with E-state index in [1.165, 1.54) is 6.21 Å². The summed E-state index contributed by atoms with van der Waals surface area (Å²) >= 11 is 0. The number of hydrazone groups is 1. The predicted molar refractivity (Wildman–Crippen MR) is 121 cm³/mol. The smallest absolute Gasteiger partial charge is 0.322 e. The number of carbonyl (C=O) groups is 3. The maximum atomic E-state index is 12.7. The quantitative estimate of drug-likeness (QED) is 0.338. The topological polar surface area (TPSA) is 99.7 Å². The van der Waals surface area contributed by atoms with Gasteiger partial charge in [0, 0.05) is 5.69 Å². The Balaban J connectivity index is 1.63. The molecule has 0 atom stereocenters. The van der Waals surface area contributed by atoms with Gasteiger partial charge in [-0.3, -0.25) is 14.4 Å². The summed E-state index contributed by atoms with van der Waals surface area (Å²) in [5, 5.41) is 9.03. The van der Waals surface area contributed by atoms with Crippen molar-refractivity contribution in [1.29, 1.82) is 0 Å². The molecule has 0 aliphatic carbocycles. The van der Waals surface area contributed by atoms with Gasteiger partial charge in [-0.25, -0.2) is 5.43 Å². The highest BCUT2D eigenvalue weighted by Crippen LogP contribution is 2.18. The molecule has 0 radical (unpaired) electrons. The summed E-state index contributed by atoms with van der Waals surface area (Å²) in [6.45, 7) is 3.88. The first-order valence-electron chi connectivity index (χ1n) is 9.60. The molecule has 3 rings (SSSR count). The minimum Gasteiger partial charge on any atom is -0.322 e. The Bertz CT molecular complexity index is 1140. The number of aryl methyl sites for hydroxylation is 2. The van der Waals surface area contributed by atoms with Crippen LogP contribution in [-0.2, 0) is 9.59 Å². The zero-order valence-electron chi connectivity index (χ0n) is 17.2. The van der Waals surface area contributed by atoms with Crippen molar-refractivity contribution in [3.8, 4) is 0 Å². The standard InChI is InChI=1S/C24H22N4O3/c1-16-10-12-18(13-11-16)15-25-28-24(31)23(30)27-21-9-4-3-8-20(21)22(29)26-19-7-5-6-17(2)14-19/h3-15H,1-2H3,(H,26,29)(H,27,30)(H,28,31)/b25-15+. The molecular formula is C24H22N4O3. The van der Waals surface area contributed by atoms with Gasteiger partial charge in [0.2, 0.25) is 0 Å². The minimum atomic E-state index is -0.947. The van der Waals surface area contributed by atoms with E-state index in [2.05, 4.69) is 21.2 Å². The number of benzene rings is 3. The van der Waals surface area contributed by atoms with E-state index >= 15 is 0 Å². The SMILES string of the molecule is Cc1ccc(/C=N/NC(=O)C(=O)Nc2ccccc2C(=O)Nc2cccc(C)c2)cc1. The Kier molecular flexibility index (Phi) is 6.90. The first kappa shape index (κ1) is 21.4. The summed E-state index contributed by atoms with van der Waals surface area (Å²) in [6, 6.07) is 21.3. The van der Waals surface area contributed by atoms with Crippen molar-refractivity contribution >= 4 is 35.3 Å². The summed E-state index contributed by atoms with van der Waals surface area (Å²) in [7, 11) is 0. The normalized spacial score (nSPS) is 10.5. The number of anilines is 2. The first-order chi connectivity index (χ1) is 14.9. The fourth-order valence-electron chi connectivity index (χ4n) is 2.76. The van der Waals surface area contributed by atoms with Crippen LogP contribution in [-0.4, -0.2) is 23.9 Å². The number of rotatable bonds is 5. The Morgan fingerprint density at radius 2 is 1.52 bits per heavy atom. The number of para-hydroxylation sites is 1. The van der Waals surface area contributed by atoms with Gasteiger partial charge in [0.1, 0.15) is 0 Å². The molecule has 0 aliphatic rings. The Morgan fingerprint density at radius 1 is 0.774 bits per heavy atom. The Labute approximate surface area is 180 Å². The van der Waals surface area contributed by atoms with Gasteiger partial charge in [0.15, 0.2) is 0 Å². The predicted octanol–water partition coefficient (Wildman–Crippen LogP) is 3.64. The lowest BCUT2D eigenvalue weighted by Crippen LogP contribution is -2.33.